The van der Waals surface area contributed by atoms with Gasteiger partial charge >= 0.3 is 147 Å². The molecule has 0 atom stereocenters. The number of hydrogen-bond acceptors (Lipinski definition) is 2. The Labute approximate surface area is 147 Å². The number of rotatable bonds is 4. The molecule has 0 saturated carbocycles. The van der Waals surface area contributed by atoms with Crippen LogP contribution in [0.3, 0.4) is 0 Å². The molecule has 24 heavy (non-hydrogen) atoms. The molecule has 0 radical (unpaired) electrons. The van der Waals surface area contributed by atoms with Crippen molar-refractivity contribution in [2.24, 2.45) is 0 Å². The SMILES string of the molecule is COc1ccc([Se]c2c(-c3ccccc3)nc3ccccn23)cc1. The summed E-state index contributed by atoms with van der Waals surface area (Å²) in [5, 5.41) is 0. The quantitative estimate of drug-likeness (QED) is 0.510. The van der Waals surface area contributed by atoms with Gasteiger partial charge in [0.2, 0.25) is 0 Å². The molecule has 0 aliphatic heterocycles. The molecule has 3 nitrogen and oxygen atoms in total. The van der Waals surface area contributed by atoms with Crippen molar-refractivity contribution in [2.75, 3.05) is 7.11 Å². The maximum atomic E-state index is 5.26. The number of fused-ring (bicyclic) bond motifs is 1. The van der Waals surface area contributed by atoms with Gasteiger partial charge in [-0.2, -0.15) is 0 Å². The van der Waals surface area contributed by atoms with Gasteiger partial charge in [-0.25, -0.2) is 0 Å². The molecule has 0 N–H and O–H groups in total. The van der Waals surface area contributed by atoms with Crippen LogP contribution in [0.5, 0.6) is 5.75 Å². The van der Waals surface area contributed by atoms with Crippen LogP contribution in [-0.4, -0.2) is 31.5 Å². The van der Waals surface area contributed by atoms with Crippen LogP contribution in [0.1, 0.15) is 0 Å². The van der Waals surface area contributed by atoms with E-state index in [1.807, 2.05) is 24.3 Å². The van der Waals surface area contributed by atoms with Crippen molar-refractivity contribution in [3.05, 3.63) is 79.0 Å². The van der Waals surface area contributed by atoms with E-state index >= 15 is 0 Å². The molecule has 0 unspecified atom stereocenters. The summed E-state index contributed by atoms with van der Waals surface area (Å²) >= 11 is 0.151. The van der Waals surface area contributed by atoms with Gasteiger partial charge < -0.3 is 0 Å². The van der Waals surface area contributed by atoms with Crippen LogP contribution < -0.4 is 13.8 Å². The third-order valence-corrected chi connectivity index (χ3v) is 6.10. The van der Waals surface area contributed by atoms with Gasteiger partial charge in [0.15, 0.2) is 0 Å². The van der Waals surface area contributed by atoms with Crippen molar-refractivity contribution in [1.29, 1.82) is 0 Å². The Kier molecular flexibility index (Phi) is 4.08. The Morgan fingerprint density at radius 3 is 2.38 bits per heavy atom. The second-order valence-electron chi connectivity index (χ2n) is 5.34. The average molecular weight is 379 g/mol. The van der Waals surface area contributed by atoms with Gasteiger partial charge in [0, 0.05) is 0 Å². The molecule has 4 heteroatoms. The predicted molar refractivity (Wildman–Crippen MR) is 98.6 cm³/mol. The molecule has 0 aliphatic carbocycles. The van der Waals surface area contributed by atoms with E-state index in [-0.39, 0.29) is 15.0 Å². The first kappa shape index (κ1) is 15.0. The molecule has 2 heterocycles. The Morgan fingerprint density at radius 1 is 0.875 bits per heavy atom. The van der Waals surface area contributed by atoms with Crippen LogP contribution in [0.25, 0.3) is 16.9 Å². The number of methoxy groups -OCH3 is 1. The van der Waals surface area contributed by atoms with Crippen molar-refractivity contribution < 1.29 is 4.74 Å². The monoisotopic (exact) mass is 380 g/mol. The van der Waals surface area contributed by atoms with Crippen molar-refractivity contribution >= 4 is 29.7 Å². The molecular formula is C20H16N2OSe. The van der Waals surface area contributed by atoms with Gasteiger partial charge in [0.25, 0.3) is 0 Å². The molecule has 0 spiro atoms. The summed E-state index contributed by atoms with van der Waals surface area (Å²) < 4.78 is 10.0. The van der Waals surface area contributed by atoms with Crippen LogP contribution in [-0.2, 0) is 0 Å². The fourth-order valence-electron chi connectivity index (χ4n) is 2.61. The molecule has 2 aromatic heterocycles. The summed E-state index contributed by atoms with van der Waals surface area (Å²) in [7, 11) is 1.69. The number of aromatic nitrogens is 2. The maximum absolute atomic E-state index is 5.26. The second-order valence-corrected chi connectivity index (χ2v) is 7.57. The summed E-state index contributed by atoms with van der Waals surface area (Å²) in [4.78, 5) is 4.87. The third-order valence-electron chi connectivity index (χ3n) is 3.81. The van der Waals surface area contributed by atoms with Crippen LogP contribution in [0.2, 0.25) is 0 Å². The van der Waals surface area contributed by atoms with Gasteiger partial charge in [-0.05, 0) is 0 Å². The molecule has 0 fully saturated rings. The van der Waals surface area contributed by atoms with E-state index in [9.17, 15) is 0 Å². The van der Waals surface area contributed by atoms with E-state index in [0.717, 1.165) is 22.7 Å². The zero-order chi connectivity index (χ0) is 16.4. The zero-order valence-electron chi connectivity index (χ0n) is 13.2. The van der Waals surface area contributed by atoms with Crippen LogP contribution in [0.4, 0.5) is 0 Å². The number of imidazole rings is 1. The standard InChI is InChI=1S/C20H16N2OSe/c1-23-16-10-12-17(13-11-16)24-20-19(15-7-3-2-4-8-15)21-18-9-5-6-14-22(18)20/h2-14H,1H3. The Bertz CT molecular complexity index is 962. The van der Waals surface area contributed by atoms with E-state index in [1.54, 1.807) is 7.11 Å². The summed E-state index contributed by atoms with van der Waals surface area (Å²) in [5.41, 5.74) is 3.21. The summed E-state index contributed by atoms with van der Waals surface area (Å²) in [6.45, 7) is 0. The number of pyridine rings is 1. The average Bonchev–Trinajstić information content (AvgIpc) is 3.02. The van der Waals surface area contributed by atoms with Crippen molar-refractivity contribution in [3.63, 3.8) is 0 Å². The molecule has 0 saturated heterocycles. The summed E-state index contributed by atoms with van der Waals surface area (Å²) in [6, 6.07) is 24.8. The molecule has 0 bridgehead atoms. The molecular weight excluding hydrogens is 363 g/mol. The fraction of sp³-hybridized carbons (Fsp3) is 0.0500. The van der Waals surface area contributed by atoms with Crippen molar-refractivity contribution in [2.45, 2.75) is 0 Å². The third kappa shape index (κ3) is 2.82. The van der Waals surface area contributed by atoms with Gasteiger partial charge in [0.05, 0.1) is 0 Å². The van der Waals surface area contributed by atoms with E-state index in [2.05, 4.69) is 59.1 Å². The fourth-order valence-corrected chi connectivity index (χ4v) is 4.73. The Hall–Kier alpha value is -2.55. The molecule has 2 aromatic carbocycles. The predicted octanol–water partition coefficient (Wildman–Crippen LogP) is 2.66. The van der Waals surface area contributed by atoms with Crippen LogP contribution >= 0.6 is 0 Å². The first-order valence-electron chi connectivity index (χ1n) is 7.69. The number of benzene rings is 2. The number of hydrogen-bond donors (Lipinski definition) is 0. The van der Waals surface area contributed by atoms with Gasteiger partial charge in [-0.3, -0.25) is 0 Å². The molecule has 118 valence electrons. The topological polar surface area (TPSA) is 26.5 Å². The van der Waals surface area contributed by atoms with E-state index < -0.39 is 0 Å². The van der Waals surface area contributed by atoms with Crippen LogP contribution in [0.15, 0.2) is 79.0 Å². The Balaban J connectivity index is 1.83. The van der Waals surface area contributed by atoms with E-state index in [0.29, 0.717) is 0 Å². The zero-order valence-corrected chi connectivity index (χ0v) is 14.9. The number of nitrogens with zero attached hydrogens (tertiary/aromatic N) is 2. The minimum atomic E-state index is 0.151. The van der Waals surface area contributed by atoms with Gasteiger partial charge in [0.1, 0.15) is 0 Å². The first-order valence-corrected chi connectivity index (χ1v) is 9.41. The summed E-state index contributed by atoms with van der Waals surface area (Å²) in [5.74, 6) is 0.885. The van der Waals surface area contributed by atoms with Gasteiger partial charge in [-0.1, -0.05) is 0 Å². The van der Waals surface area contributed by atoms with Crippen molar-refractivity contribution in [1.82, 2.24) is 9.38 Å². The van der Waals surface area contributed by atoms with Crippen LogP contribution in [0, 0.1) is 0 Å². The Morgan fingerprint density at radius 2 is 1.62 bits per heavy atom. The van der Waals surface area contributed by atoms with E-state index in [1.165, 1.54) is 9.05 Å². The second kappa shape index (κ2) is 6.52. The molecule has 0 amide bonds. The molecule has 0 aliphatic rings. The normalized spacial score (nSPS) is 10.9. The number of ether oxygens (including phenoxy) is 1. The van der Waals surface area contributed by atoms with Crippen molar-refractivity contribution in [3.8, 4) is 17.0 Å². The van der Waals surface area contributed by atoms with E-state index in [4.69, 9.17) is 9.72 Å². The minimum absolute atomic E-state index is 0.151. The molecule has 4 aromatic rings. The first-order chi connectivity index (χ1) is 11.8. The summed E-state index contributed by atoms with van der Waals surface area (Å²) in [6.07, 6.45) is 2.09. The molecule has 4 rings (SSSR count). The van der Waals surface area contributed by atoms with Gasteiger partial charge in [-0.15, -0.1) is 0 Å².